The lowest BCUT2D eigenvalue weighted by molar-refractivity contribution is -0.123. The molecule has 0 unspecified atom stereocenters. The van der Waals surface area contributed by atoms with Crippen molar-refractivity contribution in [2.45, 2.75) is 39.2 Å². The van der Waals surface area contributed by atoms with E-state index >= 15 is 0 Å². The fourth-order valence-corrected chi connectivity index (χ4v) is 1.64. The van der Waals surface area contributed by atoms with E-state index in [9.17, 15) is 9.59 Å². The quantitative estimate of drug-likeness (QED) is 0.718. The third-order valence-electron chi connectivity index (χ3n) is 2.48. The Kier molecular flexibility index (Phi) is 6.32. The molecule has 5 heteroatoms. The van der Waals surface area contributed by atoms with Crippen molar-refractivity contribution in [1.82, 2.24) is 5.32 Å². The van der Waals surface area contributed by atoms with E-state index < -0.39 is 11.6 Å². The molecule has 1 amide bonds. The summed E-state index contributed by atoms with van der Waals surface area (Å²) in [5.74, 6) is -0.282. The number of carbonyl (C=O) groups excluding carboxylic acids is 2. The van der Waals surface area contributed by atoms with Gasteiger partial charge in [0.05, 0.1) is 12.5 Å². The summed E-state index contributed by atoms with van der Waals surface area (Å²) >= 11 is 5.51. The minimum Gasteiger partial charge on any atom is -0.450 e. The first-order chi connectivity index (χ1) is 7.06. The van der Waals surface area contributed by atoms with E-state index in [0.717, 1.165) is 0 Å². The molecule has 0 aromatic heterocycles. The highest BCUT2D eigenvalue weighted by atomic mass is 35.5. The van der Waals surface area contributed by atoms with Crippen LogP contribution >= 0.6 is 11.6 Å². The monoisotopic (exact) mass is 235 g/mol. The van der Waals surface area contributed by atoms with Crippen molar-refractivity contribution < 1.29 is 14.3 Å². The summed E-state index contributed by atoms with van der Waals surface area (Å²) in [5.41, 5.74) is -0.881. The van der Waals surface area contributed by atoms with Gasteiger partial charge in [0, 0.05) is 0 Å². The second kappa shape index (κ2) is 6.67. The van der Waals surface area contributed by atoms with E-state index in [4.69, 9.17) is 16.3 Å². The van der Waals surface area contributed by atoms with Gasteiger partial charge in [0.2, 0.25) is 0 Å². The van der Waals surface area contributed by atoms with Crippen molar-refractivity contribution >= 4 is 23.5 Å². The molecule has 0 atom stereocenters. The number of ether oxygens (including phenoxy) is 1. The van der Waals surface area contributed by atoms with Crippen molar-refractivity contribution in [3.63, 3.8) is 0 Å². The molecule has 0 bridgehead atoms. The Morgan fingerprint density at radius 1 is 1.27 bits per heavy atom. The third-order valence-corrected chi connectivity index (χ3v) is 2.72. The number of Topliss-reactive ketones (excluding diaryl/α,β-unsaturated/α-hetero) is 1. The second-order valence-corrected chi connectivity index (χ2v) is 3.46. The Morgan fingerprint density at radius 3 is 2.13 bits per heavy atom. The van der Waals surface area contributed by atoms with E-state index in [1.54, 1.807) is 6.92 Å². The maximum Gasteiger partial charge on any atom is 0.407 e. The molecule has 0 spiro atoms. The highest BCUT2D eigenvalue weighted by molar-refractivity contribution is 6.29. The van der Waals surface area contributed by atoms with E-state index in [1.807, 2.05) is 13.8 Å². The summed E-state index contributed by atoms with van der Waals surface area (Å²) in [5, 5.41) is 2.59. The highest BCUT2D eigenvalue weighted by Crippen LogP contribution is 2.17. The number of ketones is 1. The van der Waals surface area contributed by atoms with Crippen LogP contribution in [-0.2, 0) is 9.53 Å². The van der Waals surface area contributed by atoms with Gasteiger partial charge < -0.3 is 10.1 Å². The lowest BCUT2D eigenvalue weighted by Crippen LogP contribution is -2.54. The fourth-order valence-electron chi connectivity index (χ4n) is 1.38. The van der Waals surface area contributed by atoms with Crippen molar-refractivity contribution in [3.8, 4) is 0 Å². The zero-order valence-electron chi connectivity index (χ0n) is 9.43. The molecule has 0 heterocycles. The second-order valence-electron chi connectivity index (χ2n) is 3.19. The smallest absolute Gasteiger partial charge is 0.407 e. The van der Waals surface area contributed by atoms with Crippen molar-refractivity contribution in [2.75, 3.05) is 12.5 Å². The first kappa shape index (κ1) is 14.2. The molecule has 88 valence electrons. The van der Waals surface area contributed by atoms with Crippen molar-refractivity contribution in [1.29, 1.82) is 0 Å². The summed E-state index contributed by atoms with van der Waals surface area (Å²) in [6.07, 6.45) is 0.446. The Balaban J connectivity index is 4.63. The van der Waals surface area contributed by atoms with Gasteiger partial charge in [-0.05, 0) is 19.8 Å². The van der Waals surface area contributed by atoms with Gasteiger partial charge in [0.15, 0.2) is 5.78 Å². The molecule has 15 heavy (non-hydrogen) atoms. The summed E-state index contributed by atoms with van der Waals surface area (Å²) in [7, 11) is 0. The summed E-state index contributed by atoms with van der Waals surface area (Å²) in [6, 6.07) is 0. The van der Waals surface area contributed by atoms with Crippen LogP contribution < -0.4 is 5.32 Å². The maximum absolute atomic E-state index is 11.6. The SMILES string of the molecule is CCOC(=O)NC(CC)(CC)C(=O)CCl. The van der Waals surface area contributed by atoms with Gasteiger partial charge in [-0.25, -0.2) is 4.79 Å². The lowest BCUT2D eigenvalue weighted by Gasteiger charge is -2.29. The number of rotatable bonds is 6. The summed E-state index contributed by atoms with van der Waals surface area (Å²) < 4.78 is 4.75. The van der Waals surface area contributed by atoms with Gasteiger partial charge in [-0.2, -0.15) is 0 Å². The molecule has 0 aliphatic carbocycles. The van der Waals surface area contributed by atoms with Crippen molar-refractivity contribution in [3.05, 3.63) is 0 Å². The molecule has 0 rings (SSSR count). The largest absolute Gasteiger partial charge is 0.450 e. The standard InChI is InChI=1S/C10H18ClNO3/c1-4-10(5-2,8(13)7-11)12-9(14)15-6-3/h4-7H2,1-3H3,(H,12,14). The average molecular weight is 236 g/mol. The topological polar surface area (TPSA) is 55.4 Å². The molecule has 0 aromatic carbocycles. The zero-order valence-corrected chi connectivity index (χ0v) is 10.2. The molecule has 0 saturated heterocycles. The average Bonchev–Trinajstić information content (AvgIpc) is 2.25. The Bertz CT molecular complexity index is 227. The highest BCUT2D eigenvalue weighted by Gasteiger charge is 2.35. The number of halogens is 1. The molecule has 0 aromatic rings. The predicted molar refractivity (Wildman–Crippen MR) is 59.2 cm³/mol. The first-order valence-corrected chi connectivity index (χ1v) is 5.63. The minimum absolute atomic E-state index is 0.103. The van der Waals surface area contributed by atoms with E-state index in [2.05, 4.69) is 5.32 Å². The third kappa shape index (κ3) is 3.70. The molecule has 0 saturated carbocycles. The maximum atomic E-state index is 11.6. The van der Waals surface area contributed by atoms with Crippen LogP contribution in [0.1, 0.15) is 33.6 Å². The number of carbonyl (C=O) groups is 2. The molecule has 0 fully saturated rings. The van der Waals surface area contributed by atoms with Crippen LogP contribution in [0.15, 0.2) is 0 Å². The van der Waals surface area contributed by atoms with Crippen LogP contribution in [0.4, 0.5) is 4.79 Å². The van der Waals surface area contributed by atoms with Gasteiger partial charge >= 0.3 is 6.09 Å². The Morgan fingerprint density at radius 2 is 1.80 bits per heavy atom. The molecule has 0 aliphatic heterocycles. The van der Waals surface area contributed by atoms with Crippen molar-refractivity contribution in [2.24, 2.45) is 0 Å². The Labute approximate surface area is 95.3 Å². The molecule has 4 nitrogen and oxygen atoms in total. The summed E-state index contributed by atoms with van der Waals surface area (Å²) in [6.45, 7) is 5.66. The normalized spacial score (nSPS) is 10.9. The van der Waals surface area contributed by atoms with Gasteiger partial charge in [-0.3, -0.25) is 4.79 Å². The van der Waals surface area contributed by atoms with Gasteiger partial charge in [-0.15, -0.1) is 11.6 Å². The minimum atomic E-state index is -0.881. The van der Waals surface area contributed by atoms with Crippen LogP contribution in [0, 0.1) is 0 Å². The first-order valence-electron chi connectivity index (χ1n) is 5.10. The van der Waals surface area contributed by atoms with Crippen LogP contribution in [0.3, 0.4) is 0 Å². The number of hydrogen-bond donors (Lipinski definition) is 1. The Hall–Kier alpha value is -0.770. The molecule has 0 aliphatic rings. The van der Waals surface area contributed by atoms with Crippen LogP contribution in [0.2, 0.25) is 0 Å². The zero-order chi connectivity index (χ0) is 11.9. The molecular formula is C10H18ClNO3. The van der Waals surface area contributed by atoms with E-state index in [1.165, 1.54) is 0 Å². The fraction of sp³-hybridized carbons (Fsp3) is 0.800. The lowest BCUT2D eigenvalue weighted by atomic mass is 9.89. The summed E-state index contributed by atoms with van der Waals surface area (Å²) in [4.78, 5) is 22.9. The predicted octanol–water partition coefficient (Wildman–Crippen LogP) is 2.10. The molecule has 1 N–H and O–H groups in total. The van der Waals surface area contributed by atoms with Crippen LogP contribution in [0.25, 0.3) is 0 Å². The number of alkyl halides is 1. The van der Waals surface area contributed by atoms with E-state index in [0.29, 0.717) is 12.8 Å². The van der Waals surface area contributed by atoms with Crippen LogP contribution in [-0.4, -0.2) is 29.9 Å². The van der Waals surface area contributed by atoms with Gasteiger partial charge in [-0.1, -0.05) is 13.8 Å². The number of amides is 1. The number of nitrogens with one attached hydrogen (secondary N) is 1. The molecule has 0 radical (unpaired) electrons. The van der Waals surface area contributed by atoms with Gasteiger partial charge in [0.25, 0.3) is 0 Å². The number of hydrogen-bond acceptors (Lipinski definition) is 3. The number of alkyl carbamates (subject to hydrolysis) is 1. The van der Waals surface area contributed by atoms with E-state index in [-0.39, 0.29) is 18.3 Å². The van der Waals surface area contributed by atoms with Crippen LogP contribution in [0.5, 0.6) is 0 Å². The molecular weight excluding hydrogens is 218 g/mol. The van der Waals surface area contributed by atoms with Gasteiger partial charge in [0.1, 0.15) is 5.54 Å².